The number of nitrogens with zero attached hydrogens (tertiary/aromatic N) is 1. The second-order valence-electron chi connectivity index (χ2n) is 3.41. The Labute approximate surface area is 84.1 Å². The molecule has 0 unspecified atom stereocenters. The van der Waals surface area contributed by atoms with E-state index in [1.165, 1.54) is 0 Å². The number of nitrogens with two attached hydrogens (primary N) is 1. The zero-order valence-electron chi connectivity index (χ0n) is 8.92. The lowest BCUT2D eigenvalue weighted by Gasteiger charge is -2.07. The molecule has 4 nitrogen and oxygen atoms in total. The number of aromatic nitrogens is 1. The van der Waals surface area contributed by atoms with Crippen molar-refractivity contribution in [2.75, 3.05) is 0 Å². The van der Waals surface area contributed by atoms with Gasteiger partial charge in [-0.2, -0.15) is 0 Å². The van der Waals surface area contributed by atoms with Gasteiger partial charge >= 0.3 is 0 Å². The molecule has 1 aromatic heterocycles. The van der Waals surface area contributed by atoms with Gasteiger partial charge in [-0.1, -0.05) is 6.92 Å². The van der Waals surface area contributed by atoms with Gasteiger partial charge in [-0.3, -0.25) is 10.2 Å². The third-order valence-electron chi connectivity index (χ3n) is 2.40. The Bertz CT molecular complexity index is 341. The molecule has 0 spiro atoms. The van der Waals surface area contributed by atoms with Crippen LogP contribution < -0.4 is 11.3 Å². The van der Waals surface area contributed by atoms with E-state index in [-0.39, 0.29) is 5.91 Å². The second kappa shape index (κ2) is 4.28. The maximum absolute atomic E-state index is 11.4. The van der Waals surface area contributed by atoms with Crippen molar-refractivity contribution < 1.29 is 4.79 Å². The number of rotatable bonds is 3. The number of hydrazine groups is 1. The van der Waals surface area contributed by atoms with Crippen LogP contribution in [0.2, 0.25) is 0 Å². The molecule has 0 saturated carbocycles. The largest absolute Gasteiger partial charge is 0.348 e. The topological polar surface area (TPSA) is 60.0 Å². The fourth-order valence-corrected chi connectivity index (χ4v) is 1.68. The Kier molecular flexibility index (Phi) is 3.30. The van der Waals surface area contributed by atoms with Crippen molar-refractivity contribution >= 4 is 5.91 Å². The minimum absolute atomic E-state index is 0.222. The van der Waals surface area contributed by atoms with Crippen molar-refractivity contribution in [3.05, 3.63) is 23.0 Å². The van der Waals surface area contributed by atoms with Gasteiger partial charge in [0.15, 0.2) is 0 Å². The van der Waals surface area contributed by atoms with Gasteiger partial charge in [-0.15, -0.1) is 0 Å². The number of nitrogen functional groups attached to an aromatic ring is 1. The smallest absolute Gasteiger partial charge is 0.267 e. The van der Waals surface area contributed by atoms with Crippen LogP contribution in [-0.4, -0.2) is 10.5 Å². The number of carbonyl (C=O) groups excluding carboxylic acids is 1. The average molecular weight is 195 g/mol. The minimum Gasteiger partial charge on any atom is -0.348 e. The molecular weight excluding hydrogens is 178 g/mol. The normalized spacial score (nSPS) is 10.3. The highest BCUT2D eigenvalue weighted by atomic mass is 16.2. The Morgan fingerprint density at radius 1 is 1.57 bits per heavy atom. The highest BCUT2D eigenvalue weighted by Crippen LogP contribution is 2.15. The van der Waals surface area contributed by atoms with Crippen LogP contribution >= 0.6 is 0 Å². The maximum atomic E-state index is 11.4. The van der Waals surface area contributed by atoms with Gasteiger partial charge in [0.25, 0.3) is 5.91 Å². The van der Waals surface area contributed by atoms with E-state index in [0.29, 0.717) is 5.56 Å². The van der Waals surface area contributed by atoms with Gasteiger partial charge in [-0.25, -0.2) is 5.84 Å². The summed E-state index contributed by atoms with van der Waals surface area (Å²) in [5.41, 5.74) is 4.90. The molecule has 0 bridgehead atoms. The van der Waals surface area contributed by atoms with Crippen molar-refractivity contribution in [3.63, 3.8) is 0 Å². The van der Waals surface area contributed by atoms with Crippen LogP contribution in [0.3, 0.4) is 0 Å². The fraction of sp³-hybridized carbons (Fsp3) is 0.500. The Morgan fingerprint density at radius 3 is 2.71 bits per heavy atom. The molecule has 1 rings (SSSR count). The van der Waals surface area contributed by atoms with Crippen molar-refractivity contribution in [1.82, 2.24) is 9.99 Å². The lowest BCUT2D eigenvalue weighted by atomic mass is 10.2. The summed E-state index contributed by atoms with van der Waals surface area (Å²) in [5.74, 6) is 4.88. The zero-order valence-corrected chi connectivity index (χ0v) is 8.92. The Morgan fingerprint density at radius 2 is 2.21 bits per heavy atom. The maximum Gasteiger partial charge on any atom is 0.267 e. The van der Waals surface area contributed by atoms with E-state index in [2.05, 4.69) is 16.9 Å². The molecule has 78 valence electrons. The molecule has 0 aromatic carbocycles. The number of nitrogens with one attached hydrogen (secondary N) is 1. The first-order valence-electron chi connectivity index (χ1n) is 4.79. The first kappa shape index (κ1) is 10.8. The Hall–Kier alpha value is -1.29. The van der Waals surface area contributed by atoms with Crippen LogP contribution in [0.5, 0.6) is 0 Å². The molecule has 0 saturated heterocycles. The molecular formula is C10H17N3O. The van der Waals surface area contributed by atoms with E-state index in [0.717, 1.165) is 24.4 Å². The summed E-state index contributed by atoms with van der Waals surface area (Å²) in [7, 11) is 0. The van der Waals surface area contributed by atoms with Crippen molar-refractivity contribution in [3.8, 4) is 0 Å². The Balaban J connectivity index is 3.10. The molecule has 0 aliphatic carbocycles. The molecule has 4 heteroatoms. The van der Waals surface area contributed by atoms with E-state index in [1.807, 2.05) is 19.9 Å². The molecule has 1 aromatic rings. The summed E-state index contributed by atoms with van der Waals surface area (Å²) in [5, 5.41) is 0. The average Bonchev–Trinajstić information content (AvgIpc) is 2.45. The van der Waals surface area contributed by atoms with Gasteiger partial charge in [-0.05, 0) is 26.3 Å². The van der Waals surface area contributed by atoms with Crippen LogP contribution in [0.4, 0.5) is 0 Å². The number of hydrogen-bond acceptors (Lipinski definition) is 2. The van der Waals surface area contributed by atoms with Crippen molar-refractivity contribution in [2.45, 2.75) is 33.7 Å². The predicted octanol–water partition coefficient (Wildman–Crippen LogP) is 1.12. The summed E-state index contributed by atoms with van der Waals surface area (Å²) >= 11 is 0. The van der Waals surface area contributed by atoms with Crippen LogP contribution in [0.25, 0.3) is 0 Å². The summed E-state index contributed by atoms with van der Waals surface area (Å²) in [6.45, 7) is 6.99. The van der Waals surface area contributed by atoms with Crippen LogP contribution in [0.1, 0.15) is 35.1 Å². The minimum atomic E-state index is -0.222. The van der Waals surface area contributed by atoms with Gasteiger partial charge in [0.2, 0.25) is 0 Å². The lowest BCUT2D eigenvalue weighted by Crippen LogP contribution is -2.30. The SMILES string of the molecule is CCCn1c(C)cc(C(=O)NN)c1C. The lowest BCUT2D eigenvalue weighted by molar-refractivity contribution is 0.0953. The molecule has 0 aliphatic heterocycles. The number of hydrogen-bond donors (Lipinski definition) is 2. The number of aryl methyl sites for hydroxylation is 1. The quantitative estimate of drug-likeness (QED) is 0.431. The van der Waals surface area contributed by atoms with E-state index in [4.69, 9.17) is 5.84 Å². The predicted molar refractivity (Wildman–Crippen MR) is 55.9 cm³/mol. The first-order valence-corrected chi connectivity index (χ1v) is 4.79. The third kappa shape index (κ3) is 1.80. The monoisotopic (exact) mass is 195 g/mol. The van der Waals surface area contributed by atoms with Crippen LogP contribution in [0.15, 0.2) is 6.07 Å². The van der Waals surface area contributed by atoms with E-state index in [1.54, 1.807) is 0 Å². The number of carbonyl (C=O) groups is 1. The molecule has 0 aliphatic rings. The van der Waals surface area contributed by atoms with Crippen molar-refractivity contribution in [2.24, 2.45) is 5.84 Å². The van der Waals surface area contributed by atoms with Crippen molar-refractivity contribution in [1.29, 1.82) is 0 Å². The summed E-state index contributed by atoms with van der Waals surface area (Å²) in [4.78, 5) is 11.4. The highest BCUT2D eigenvalue weighted by Gasteiger charge is 2.13. The van der Waals surface area contributed by atoms with E-state index >= 15 is 0 Å². The molecule has 14 heavy (non-hydrogen) atoms. The van der Waals surface area contributed by atoms with Gasteiger partial charge in [0.1, 0.15) is 0 Å². The third-order valence-corrected chi connectivity index (χ3v) is 2.40. The molecule has 0 atom stereocenters. The second-order valence-corrected chi connectivity index (χ2v) is 3.41. The summed E-state index contributed by atoms with van der Waals surface area (Å²) in [6, 6.07) is 1.87. The highest BCUT2D eigenvalue weighted by molar-refractivity contribution is 5.95. The standard InChI is InChI=1S/C10H17N3O/c1-4-5-13-7(2)6-9(8(13)3)10(14)12-11/h6H,4-5,11H2,1-3H3,(H,12,14). The van der Waals surface area contributed by atoms with Gasteiger partial charge in [0.05, 0.1) is 5.56 Å². The fourth-order valence-electron chi connectivity index (χ4n) is 1.68. The molecule has 3 N–H and O–H groups in total. The van der Waals surface area contributed by atoms with Crippen LogP contribution in [0, 0.1) is 13.8 Å². The summed E-state index contributed by atoms with van der Waals surface area (Å²) in [6.07, 6.45) is 1.06. The molecule has 1 heterocycles. The number of amides is 1. The van der Waals surface area contributed by atoms with E-state index < -0.39 is 0 Å². The first-order chi connectivity index (χ1) is 6.61. The van der Waals surface area contributed by atoms with Crippen LogP contribution in [-0.2, 0) is 6.54 Å². The molecule has 1 amide bonds. The van der Waals surface area contributed by atoms with Gasteiger partial charge in [0, 0.05) is 17.9 Å². The molecule has 0 radical (unpaired) electrons. The van der Waals surface area contributed by atoms with Gasteiger partial charge < -0.3 is 4.57 Å². The molecule has 0 fully saturated rings. The zero-order chi connectivity index (χ0) is 10.7. The summed E-state index contributed by atoms with van der Waals surface area (Å²) < 4.78 is 2.13. The van der Waals surface area contributed by atoms with E-state index in [9.17, 15) is 4.79 Å².